The van der Waals surface area contributed by atoms with Gasteiger partial charge in [-0.3, -0.25) is 0 Å². The van der Waals surface area contributed by atoms with Gasteiger partial charge in [-0.05, 0) is 18.2 Å². The minimum Gasteiger partial charge on any atom is -0.211 e. The molecular formula is C15H9ClN4. The highest BCUT2D eigenvalue weighted by Crippen LogP contribution is 2.30. The summed E-state index contributed by atoms with van der Waals surface area (Å²) in [5, 5.41) is 17.8. The van der Waals surface area contributed by atoms with E-state index in [9.17, 15) is 5.26 Å². The fraction of sp³-hybridized carbons (Fsp3) is 0. The Kier molecular flexibility index (Phi) is 3.20. The van der Waals surface area contributed by atoms with Gasteiger partial charge in [0.2, 0.25) is 0 Å². The van der Waals surface area contributed by atoms with Crippen LogP contribution in [0.2, 0.25) is 5.02 Å². The average molecular weight is 281 g/mol. The summed E-state index contributed by atoms with van der Waals surface area (Å²) in [6.45, 7) is 0. The van der Waals surface area contributed by atoms with Crippen molar-refractivity contribution >= 4 is 11.6 Å². The van der Waals surface area contributed by atoms with Crippen molar-refractivity contribution in [3.63, 3.8) is 0 Å². The van der Waals surface area contributed by atoms with Crippen LogP contribution in [0.15, 0.2) is 54.6 Å². The molecular weight excluding hydrogens is 272 g/mol. The molecule has 1 aromatic heterocycles. The first-order valence-electron chi connectivity index (χ1n) is 5.97. The summed E-state index contributed by atoms with van der Waals surface area (Å²) in [6, 6.07) is 18.9. The highest BCUT2D eigenvalue weighted by molar-refractivity contribution is 6.33. The van der Waals surface area contributed by atoms with Gasteiger partial charge in [0.1, 0.15) is 11.8 Å². The van der Waals surface area contributed by atoms with E-state index in [1.807, 2.05) is 48.5 Å². The zero-order valence-corrected chi connectivity index (χ0v) is 11.1. The Labute approximate surface area is 120 Å². The van der Waals surface area contributed by atoms with Gasteiger partial charge in [0.05, 0.1) is 10.7 Å². The molecule has 0 aliphatic rings. The van der Waals surface area contributed by atoms with Crippen LogP contribution in [0.25, 0.3) is 16.9 Å². The number of nitrogens with zero attached hydrogens (tertiary/aromatic N) is 4. The molecule has 0 aliphatic heterocycles. The predicted molar refractivity (Wildman–Crippen MR) is 76.5 cm³/mol. The van der Waals surface area contributed by atoms with Gasteiger partial charge in [-0.2, -0.15) is 5.26 Å². The van der Waals surface area contributed by atoms with E-state index < -0.39 is 0 Å². The molecule has 0 saturated carbocycles. The zero-order valence-electron chi connectivity index (χ0n) is 10.4. The van der Waals surface area contributed by atoms with Crippen LogP contribution in [0.3, 0.4) is 0 Å². The van der Waals surface area contributed by atoms with Crippen molar-refractivity contribution in [2.45, 2.75) is 0 Å². The lowest BCUT2D eigenvalue weighted by atomic mass is 10.1. The van der Waals surface area contributed by atoms with Gasteiger partial charge in [0, 0.05) is 5.56 Å². The summed E-state index contributed by atoms with van der Waals surface area (Å²) in [6.07, 6.45) is 0. The number of hydrogen-bond donors (Lipinski definition) is 0. The van der Waals surface area contributed by atoms with Crippen molar-refractivity contribution < 1.29 is 0 Å². The molecule has 0 amide bonds. The van der Waals surface area contributed by atoms with Crippen LogP contribution in [0, 0.1) is 11.3 Å². The van der Waals surface area contributed by atoms with Gasteiger partial charge >= 0.3 is 0 Å². The fourth-order valence-corrected chi connectivity index (χ4v) is 2.23. The Morgan fingerprint density at radius 3 is 2.40 bits per heavy atom. The zero-order chi connectivity index (χ0) is 13.9. The lowest BCUT2D eigenvalue weighted by molar-refractivity contribution is 0.807. The molecule has 2 aromatic carbocycles. The molecule has 5 heteroatoms. The maximum atomic E-state index is 9.22. The van der Waals surface area contributed by atoms with Gasteiger partial charge in [0.25, 0.3) is 0 Å². The van der Waals surface area contributed by atoms with E-state index in [1.54, 1.807) is 10.7 Å². The highest BCUT2D eigenvalue weighted by Gasteiger charge is 2.17. The Bertz CT molecular complexity index is 787. The second-order valence-corrected chi connectivity index (χ2v) is 4.53. The molecule has 4 nitrogen and oxygen atoms in total. The second-order valence-electron chi connectivity index (χ2n) is 4.13. The van der Waals surface area contributed by atoms with Crippen LogP contribution >= 0.6 is 11.6 Å². The van der Waals surface area contributed by atoms with E-state index in [4.69, 9.17) is 11.6 Å². The Morgan fingerprint density at radius 1 is 1.00 bits per heavy atom. The fourth-order valence-electron chi connectivity index (χ4n) is 2.00. The van der Waals surface area contributed by atoms with Gasteiger partial charge < -0.3 is 0 Å². The standard InChI is InChI=1S/C15H9ClN4/c16-13-9-5-4-8-12(13)15-14(10-17)18-19-20(15)11-6-2-1-3-7-11/h1-9H. The minimum atomic E-state index is 0.252. The average Bonchev–Trinajstić information content (AvgIpc) is 2.92. The lowest BCUT2D eigenvalue weighted by Gasteiger charge is -2.07. The van der Waals surface area contributed by atoms with E-state index in [0.29, 0.717) is 10.7 Å². The summed E-state index contributed by atoms with van der Waals surface area (Å²) in [5.74, 6) is 0. The Balaban J connectivity index is 2.28. The molecule has 0 radical (unpaired) electrons. The van der Waals surface area contributed by atoms with Crippen molar-refractivity contribution in [2.24, 2.45) is 0 Å². The van der Waals surface area contributed by atoms with E-state index in [0.717, 1.165) is 11.3 Å². The molecule has 1 heterocycles. The maximum absolute atomic E-state index is 9.22. The van der Waals surface area contributed by atoms with Crippen molar-refractivity contribution in [3.8, 4) is 23.0 Å². The van der Waals surface area contributed by atoms with Gasteiger partial charge in [0.15, 0.2) is 5.69 Å². The molecule has 20 heavy (non-hydrogen) atoms. The smallest absolute Gasteiger partial charge is 0.191 e. The Hall–Kier alpha value is -2.64. The highest BCUT2D eigenvalue weighted by atomic mass is 35.5. The SMILES string of the molecule is N#Cc1nnn(-c2ccccc2)c1-c1ccccc1Cl. The first kappa shape index (κ1) is 12.4. The van der Waals surface area contributed by atoms with Crippen LogP contribution in [0.1, 0.15) is 5.69 Å². The van der Waals surface area contributed by atoms with E-state index in [2.05, 4.69) is 16.4 Å². The number of nitriles is 1. The molecule has 0 aliphatic carbocycles. The summed E-state index contributed by atoms with van der Waals surface area (Å²) >= 11 is 6.23. The molecule has 0 saturated heterocycles. The third-order valence-corrected chi connectivity index (χ3v) is 3.24. The predicted octanol–water partition coefficient (Wildman–Crippen LogP) is 3.46. The van der Waals surface area contributed by atoms with Gasteiger partial charge in [-0.1, -0.05) is 53.2 Å². The first-order chi connectivity index (χ1) is 9.81. The van der Waals surface area contributed by atoms with Crippen LogP contribution in [-0.4, -0.2) is 15.0 Å². The quantitative estimate of drug-likeness (QED) is 0.722. The third-order valence-electron chi connectivity index (χ3n) is 2.91. The summed E-state index contributed by atoms with van der Waals surface area (Å²) < 4.78 is 1.62. The molecule has 0 unspecified atom stereocenters. The number of aromatic nitrogens is 3. The van der Waals surface area contributed by atoms with E-state index in [-0.39, 0.29) is 5.69 Å². The summed E-state index contributed by atoms with van der Waals surface area (Å²) in [5.41, 5.74) is 2.42. The van der Waals surface area contributed by atoms with Crippen LogP contribution < -0.4 is 0 Å². The monoisotopic (exact) mass is 280 g/mol. The number of rotatable bonds is 2. The molecule has 3 aromatic rings. The van der Waals surface area contributed by atoms with Gasteiger partial charge in [-0.15, -0.1) is 5.10 Å². The summed E-state index contributed by atoms with van der Waals surface area (Å²) in [7, 11) is 0. The molecule has 0 spiro atoms. The molecule has 0 N–H and O–H groups in total. The van der Waals surface area contributed by atoms with Crippen LogP contribution in [0.4, 0.5) is 0 Å². The van der Waals surface area contributed by atoms with Crippen molar-refractivity contribution in [1.82, 2.24) is 15.0 Å². The van der Waals surface area contributed by atoms with Gasteiger partial charge in [-0.25, -0.2) is 4.68 Å². The third kappa shape index (κ3) is 2.04. The Morgan fingerprint density at radius 2 is 1.70 bits per heavy atom. The molecule has 0 atom stereocenters. The van der Waals surface area contributed by atoms with E-state index in [1.165, 1.54) is 0 Å². The number of hydrogen-bond acceptors (Lipinski definition) is 3. The van der Waals surface area contributed by atoms with Crippen molar-refractivity contribution in [1.29, 1.82) is 5.26 Å². The lowest BCUT2D eigenvalue weighted by Crippen LogP contribution is -1.99. The van der Waals surface area contributed by atoms with Crippen LogP contribution in [0.5, 0.6) is 0 Å². The van der Waals surface area contributed by atoms with Crippen LogP contribution in [-0.2, 0) is 0 Å². The topological polar surface area (TPSA) is 54.5 Å². The maximum Gasteiger partial charge on any atom is 0.191 e. The molecule has 0 fully saturated rings. The normalized spacial score (nSPS) is 10.2. The first-order valence-corrected chi connectivity index (χ1v) is 6.35. The number of para-hydroxylation sites is 1. The van der Waals surface area contributed by atoms with E-state index >= 15 is 0 Å². The molecule has 3 rings (SSSR count). The van der Waals surface area contributed by atoms with Crippen molar-refractivity contribution in [2.75, 3.05) is 0 Å². The largest absolute Gasteiger partial charge is 0.211 e. The van der Waals surface area contributed by atoms with Crippen molar-refractivity contribution in [3.05, 3.63) is 65.3 Å². The molecule has 96 valence electrons. The minimum absolute atomic E-state index is 0.252. The second kappa shape index (κ2) is 5.16. The number of benzene rings is 2. The summed E-state index contributed by atoms with van der Waals surface area (Å²) in [4.78, 5) is 0. The molecule has 0 bridgehead atoms. The number of halogens is 1.